The van der Waals surface area contributed by atoms with Crippen LogP contribution in [0.15, 0.2) is 57.5 Å². The van der Waals surface area contributed by atoms with Crippen LogP contribution in [0.5, 0.6) is 11.5 Å². The molecule has 1 atom stereocenters. The van der Waals surface area contributed by atoms with E-state index in [4.69, 9.17) is 9.47 Å². The van der Waals surface area contributed by atoms with Gasteiger partial charge in [0, 0.05) is 28.1 Å². The second-order valence-electron chi connectivity index (χ2n) is 7.18. The van der Waals surface area contributed by atoms with E-state index in [1.807, 2.05) is 49.4 Å². The summed E-state index contributed by atoms with van der Waals surface area (Å²) in [4.78, 5) is 17.0. The lowest BCUT2D eigenvalue weighted by molar-refractivity contribution is -0.129. The molecular formula is C23H22BrN3O3S. The van der Waals surface area contributed by atoms with Crippen LogP contribution in [0.2, 0.25) is 0 Å². The van der Waals surface area contributed by atoms with Crippen molar-refractivity contribution in [2.75, 3.05) is 31.2 Å². The molecular weight excluding hydrogens is 478 g/mol. The number of halogens is 1. The molecule has 0 aromatic heterocycles. The smallest absolute Gasteiger partial charge is 0.229 e. The number of thioether (sulfide) groups is 1. The van der Waals surface area contributed by atoms with Crippen LogP contribution in [0.3, 0.4) is 0 Å². The maximum absolute atomic E-state index is 13.1. The molecule has 8 heteroatoms. The number of allylic oxidation sites excluding steroid dienone is 1. The molecule has 1 amide bonds. The van der Waals surface area contributed by atoms with E-state index in [-0.39, 0.29) is 18.2 Å². The van der Waals surface area contributed by atoms with Gasteiger partial charge in [0.25, 0.3) is 0 Å². The van der Waals surface area contributed by atoms with Gasteiger partial charge in [0.2, 0.25) is 5.91 Å². The fraction of sp³-hybridized carbons (Fsp3) is 0.304. The highest BCUT2D eigenvalue weighted by molar-refractivity contribution is 9.10. The third kappa shape index (κ3) is 4.25. The third-order valence-corrected chi connectivity index (χ3v) is 7.02. The zero-order chi connectivity index (χ0) is 22.0. The standard InChI is InChI=1S/C23H22BrN3O3S/c1-3-30-17-7-5-16(6-8-17)26-13-27-22(28)11-18(20(12-25)23(27)31-14-26)19-10-15(24)4-9-21(19)29-2/h4-10,18H,3,11,13-14H2,1-2H3/t18-/m1/s1. The number of nitrogens with zero attached hydrogens (tertiary/aromatic N) is 3. The minimum atomic E-state index is -0.319. The minimum absolute atomic E-state index is 0.00386. The summed E-state index contributed by atoms with van der Waals surface area (Å²) in [5.74, 6) is 1.84. The summed E-state index contributed by atoms with van der Waals surface area (Å²) in [5, 5.41) is 10.7. The Morgan fingerprint density at radius 2 is 2.03 bits per heavy atom. The Balaban J connectivity index is 1.64. The molecule has 2 aromatic carbocycles. The first-order valence-corrected chi connectivity index (χ1v) is 11.7. The molecule has 2 heterocycles. The fourth-order valence-corrected chi connectivity index (χ4v) is 5.44. The van der Waals surface area contributed by atoms with E-state index in [1.165, 1.54) is 11.8 Å². The first-order valence-electron chi connectivity index (χ1n) is 9.94. The van der Waals surface area contributed by atoms with Gasteiger partial charge in [0.1, 0.15) is 11.5 Å². The lowest BCUT2D eigenvalue weighted by Crippen LogP contribution is -2.47. The molecule has 2 aliphatic rings. The molecule has 0 radical (unpaired) electrons. The number of hydrogen-bond acceptors (Lipinski definition) is 6. The van der Waals surface area contributed by atoms with Gasteiger partial charge >= 0.3 is 0 Å². The summed E-state index contributed by atoms with van der Waals surface area (Å²) in [5.41, 5.74) is 2.48. The Bertz CT molecular complexity index is 1060. The molecule has 0 N–H and O–H groups in total. The lowest BCUT2D eigenvalue weighted by Gasteiger charge is -2.42. The largest absolute Gasteiger partial charge is 0.496 e. The number of nitriles is 1. The highest BCUT2D eigenvalue weighted by atomic mass is 79.9. The predicted molar refractivity (Wildman–Crippen MR) is 125 cm³/mol. The summed E-state index contributed by atoms with van der Waals surface area (Å²) in [6.45, 7) is 2.99. The fourth-order valence-electron chi connectivity index (χ4n) is 3.89. The Morgan fingerprint density at radius 1 is 1.26 bits per heavy atom. The average molecular weight is 500 g/mol. The topological polar surface area (TPSA) is 65.8 Å². The summed E-state index contributed by atoms with van der Waals surface area (Å²) in [6, 6.07) is 15.9. The maximum atomic E-state index is 13.1. The van der Waals surface area contributed by atoms with Gasteiger partial charge < -0.3 is 14.4 Å². The molecule has 160 valence electrons. The van der Waals surface area contributed by atoms with Crippen molar-refractivity contribution < 1.29 is 14.3 Å². The number of methoxy groups -OCH3 is 1. The molecule has 0 bridgehead atoms. The number of ether oxygens (including phenoxy) is 2. The van der Waals surface area contributed by atoms with Gasteiger partial charge in [-0.2, -0.15) is 5.26 Å². The van der Waals surface area contributed by atoms with Crippen molar-refractivity contribution in [3.05, 3.63) is 63.1 Å². The van der Waals surface area contributed by atoms with Crippen molar-refractivity contribution in [1.82, 2.24) is 4.90 Å². The van der Waals surface area contributed by atoms with Gasteiger partial charge in [-0.25, -0.2) is 0 Å². The van der Waals surface area contributed by atoms with Crippen molar-refractivity contribution in [2.45, 2.75) is 19.3 Å². The van der Waals surface area contributed by atoms with Gasteiger partial charge in [-0.1, -0.05) is 27.7 Å². The average Bonchev–Trinajstić information content (AvgIpc) is 2.79. The van der Waals surface area contributed by atoms with E-state index >= 15 is 0 Å². The van der Waals surface area contributed by atoms with E-state index in [1.54, 1.807) is 12.0 Å². The molecule has 2 aromatic rings. The first-order chi connectivity index (χ1) is 15.0. The van der Waals surface area contributed by atoms with Crippen LogP contribution < -0.4 is 14.4 Å². The zero-order valence-electron chi connectivity index (χ0n) is 17.3. The highest BCUT2D eigenvalue weighted by Gasteiger charge is 2.39. The van der Waals surface area contributed by atoms with Crippen LogP contribution in [0.4, 0.5) is 5.69 Å². The zero-order valence-corrected chi connectivity index (χ0v) is 19.7. The van der Waals surface area contributed by atoms with Crippen LogP contribution in [0.25, 0.3) is 0 Å². The van der Waals surface area contributed by atoms with Gasteiger partial charge in [0.15, 0.2) is 0 Å². The lowest BCUT2D eigenvalue weighted by atomic mass is 9.86. The van der Waals surface area contributed by atoms with Gasteiger partial charge in [0.05, 0.1) is 42.9 Å². The Kier molecular flexibility index (Phi) is 6.44. The number of carbonyl (C=O) groups is 1. The molecule has 6 nitrogen and oxygen atoms in total. The van der Waals surface area contributed by atoms with Crippen LogP contribution in [-0.2, 0) is 4.79 Å². The Labute approximate surface area is 194 Å². The number of amides is 1. The summed E-state index contributed by atoms with van der Waals surface area (Å²) in [7, 11) is 1.60. The summed E-state index contributed by atoms with van der Waals surface area (Å²) >= 11 is 5.02. The van der Waals surface area contributed by atoms with Crippen molar-refractivity contribution >= 4 is 39.3 Å². The molecule has 0 spiro atoms. The molecule has 0 unspecified atom stereocenters. The van der Waals surface area contributed by atoms with Crippen LogP contribution in [0.1, 0.15) is 24.8 Å². The van der Waals surface area contributed by atoms with Crippen LogP contribution >= 0.6 is 27.7 Å². The molecule has 4 rings (SSSR count). The van der Waals surface area contributed by atoms with Crippen molar-refractivity contribution in [1.29, 1.82) is 5.26 Å². The maximum Gasteiger partial charge on any atom is 0.229 e. The Morgan fingerprint density at radius 3 is 2.71 bits per heavy atom. The second kappa shape index (κ2) is 9.25. The number of anilines is 1. The molecule has 0 aliphatic carbocycles. The summed E-state index contributed by atoms with van der Waals surface area (Å²) < 4.78 is 11.9. The van der Waals surface area contributed by atoms with E-state index in [0.29, 0.717) is 30.5 Å². The van der Waals surface area contributed by atoms with Crippen molar-refractivity contribution in [2.24, 2.45) is 0 Å². The van der Waals surface area contributed by atoms with Gasteiger partial charge in [-0.05, 0) is 49.4 Å². The molecule has 31 heavy (non-hydrogen) atoms. The number of hydrogen-bond donors (Lipinski definition) is 0. The normalized spacial score (nSPS) is 18.5. The molecule has 2 aliphatic heterocycles. The second-order valence-corrected chi connectivity index (χ2v) is 9.03. The predicted octanol–water partition coefficient (Wildman–Crippen LogP) is 5.08. The number of benzene rings is 2. The number of rotatable bonds is 5. The quantitative estimate of drug-likeness (QED) is 0.571. The number of fused-ring (bicyclic) bond motifs is 1. The molecule has 1 fully saturated rings. The van der Waals surface area contributed by atoms with Crippen molar-refractivity contribution in [3.63, 3.8) is 0 Å². The van der Waals surface area contributed by atoms with E-state index < -0.39 is 0 Å². The monoisotopic (exact) mass is 499 g/mol. The van der Waals surface area contributed by atoms with Crippen LogP contribution in [-0.4, -0.2) is 37.1 Å². The third-order valence-electron chi connectivity index (χ3n) is 5.37. The summed E-state index contributed by atoms with van der Waals surface area (Å²) in [6.07, 6.45) is 0.233. The number of carbonyl (C=O) groups excluding carboxylic acids is 1. The van der Waals surface area contributed by atoms with Gasteiger partial charge in [-0.15, -0.1) is 0 Å². The van der Waals surface area contributed by atoms with Gasteiger partial charge in [-0.3, -0.25) is 9.69 Å². The van der Waals surface area contributed by atoms with E-state index in [2.05, 4.69) is 26.9 Å². The minimum Gasteiger partial charge on any atom is -0.496 e. The Hall–Kier alpha value is -2.63. The molecule has 1 saturated heterocycles. The van der Waals surface area contributed by atoms with Crippen molar-refractivity contribution in [3.8, 4) is 17.6 Å². The first kappa shape index (κ1) is 21.6. The van der Waals surface area contributed by atoms with Crippen LogP contribution in [0, 0.1) is 11.3 Å². The van der Waals surface area contributed by atoms with E-state index in [0.717, 1.165) is 26.5 Å². The molecule has 0 saturated carbocycles. The SMILES string of the molecule is CCOc1ccc(N2CSC3=C(C#N)[C@@H](c4cc(Br)ccc4OC)CC(=O)N3C2)cc1. The highest BCUT2D eigenvalue weighted by Crippen LogP contribution is 2.45. The van der Waals surface area contributed by atoms with E-state index in [9.17, 15) is 10.1 Å².